The Kier molecular flexibility index (Phi) is 7.87. The normalized spacial score (nSPS) is 21.6. The van der Waals surface area contributed by atoms with Gasteiger partial charge in [-0.15, -0.1) is 0 Å². The van der Waals surface area contributed by atoms with Crippen molar-refractivity contribution in [2.24, 2.45) is 16.8 Å². The molecule has 2 atom stereocenters. The third-order valence-electron chi connectivity index (χ3n) is 7.45. The summed E-state index contributed by atoms with van der Waals surface area (Å²) in [5.74, 6) is 1.95. The van der Waals surface area contributed by atoms with E-state index in [2.05, 4.69) is 49.6 Å². The summed E-state index contributed by atoms with van der Waals surface area (Å²) < 4.78 is 5.82. The fraction of sp³-hybridized carbons (Fsp3) is 0.467. The van der Waals surface area contributed by atoms with Crippen LogP contribution in [0.4, 0.5) is 0 Å². The minimum absolute atomic E-state index is 0.0411. The van der Waals surface area contributed by atoms with Gasteiger partial charge < -0.3 is 9.64 Å². The number of aliphatic imine (C=N–C) groups is 1. The van der Waals surface area contributed by atoms with Gasteiger partial charge in [0.15, 0.2) is 5.90 Å². The van der Waals surface area contributed by atoms with Gasteiger partial charge in [-0.25, -0.2) is 4.99 Å². The standard InChI is InChI=1S/C30H38N2O2/c1-21(2)23-14-16-25(17-15-23)27-18-28(20-32(19-27)30(33)26-12-8-9-13-26)29(34-4)31-22(3)24-10-6-5-7-11-24/h5-7,10-11,14-17,21,26-28H,3,8-9,12-13,18-20H2,1-2,4H3. The number of carbonyl (C=O) groups excluding carboxylic acids is 1. The number of benzene rings is 2. The summed E-state index contributed by atoms with van der Waals surface area (Å²) in [4.78, 5) is 20.3. The third-order valence-corrected chi connectivity index (χ3v) is 7.45. The molecule has 2 aliphatic rings. The number of ether oxygens (including phenoxy) is 1. The fourth-order valence-electron chi connectivity index (χ4n) is 5.42. The van der Waals surface area contributed by atoms with Crippen molar-refractivity contribution in [1.29, 1.82) is 0 Å². The zero-order chi connectivity index (χ0) is 24.1. The molecule has 2 fully saturated rings. The highest BCUT2D eigenvalue weighted by molar-refractivity contribution is 5.86. The van der Waals surface area contributed by atoms with Crippen LogP contribution in [-0.2, 0) is 9.53 Å². The molecule has 1 amide bonds. The maximum atomic E-state index is 13.4. The summed E-state index contributed by atoms with van der Waals surface area (Å²) >= 11 is 0. The topological polar surface area (TPSA) is 41.9 Å². The second-order valence-corrected chi connectivity index (χ2v) is 10.1. The van der Waals surface area contributed by atoms with Crippen molar-refractivity contribution in [2.45, 2.75) is 57.8 Å². The Bertz CT molecular complexity index is 1000. The Morgan fingerprint density at radius 3 is 2.29 bits per heavy atom. The van der Waals surface area contributed by atoms with Gasteiger partial charge in [0, 0.05) is 24.9 Å². The van der Waals surface area contributed by atoms with Crippen LogP contribution in [0.15, 0.2) is 66.2 Å². The van der Waals surface area contributed by atoms with Gasteiger partial charge in [-0.3, -0.25) is 4.79 Å². The summed E-state index contributed by atoms with van der Waals surface area (Å²) in [6.45, 7) is 10.0. The van der Waals surface area contributed by atoms with Crippen molar-refractivity contribution >= 4 is 17.5 Å². The summed E-state index contributed by atoms with van der Waals surface area (Å²) in [6, 6.07) is 18.9. The molecule has 34 heavy (non-hydrogen) atoms. The molecule has 180 valence electrons. The smallest absolute Gasteiger partial charge is 0.225 e. The first-order chi connectivity index (χ1) is 16.5. The molecular weight excluding hydrogens is 420 g/mol. The number of likely N-dealkylation sites (tertiary alicyclic amines) is 1. The lowest BCUT2D eigenvalue weighted by molar-refractivity contribution is -0.137. The van der Waals surface area contributed by atoms with Gasteiger partial charge in [-0.2, -0.15) is 0 Å². The Labute approximate surface area is 204 Å². The average molecular weight is 459 g/mol. The molecule has 1 aliphatic heterocycles. The average Bonchev–Trinajstić information content (AvgIpc) is 3.42. The van der Waals surface area contributed by atoms with Gasteiger partial charge in [-0.1, -0.05) is 87.9 Å². The minimum atomic E-state index is 0.0411. The van der Waals surface area contributed by atoms with E-state index in [0.717, 1.165) is 44.2 Å². The minimum Gasteiger partial charge on any atom is -0.484 e. The highest BCUT2D eigenvalue weighted by Crippen LogP contribution is 2.35. The van der Waals surface area contributed by atoms with Crippen molar-refractivity contribution in [1.82, 2.24) is 4.90 Å². The molecule has 4 nitrogen and oxygen atoms in total. The van der Waals surface area contributed by atoms with Crippen LogP contribution in [0.2, 0.25) is 0 Å². The van der Waals surface area contributed by atoms with E-state index < -0.39 is 0 Å². The number of methoxy groups -OCH3 is 1. The van der Waals surface area contributed by atoms with Crippen LogP contribution in [0.5, 0.6) is 0 Å². The predicted octanol–water partition coefficient (Wildman–Crippen LogP) is 6.65. The molecule has 1 aliphatic carbocycles. The number of nitrogens with zero attached hydrogens (tertiary/aromatic N) is 2. The first kappa shape index (κ1) is 24.3. The van der Waals surface area contributed by atoms with Crippen molar-refractivity contribution in [3.63, 3.8) is 0 Å². The van der Waals surface area contributed by atoms with Crippen LogP contribution in [0.1, 0.15) is 74.5 Å². The lowest BCUT2D eigenvalue weighted by atomic mass is 9.83. The zero-order valence-electron chi connectivity index (χ0n) is 20.9. The van der Waals surface area contributed by atoms with Crippen LogP contribution in [0.3, 0.4) is 0 Å². The quantitative estimate of drug-likeness (QED) is 0.359. The molecule has 0 N–H and O–H groups in total. The number of hydrogen-bond donors (Lipinski definition) is 0. The molecule has 0 bridgehead atoms. The van der Waals surface area contributed by atoms with Gasteiger partial charge in [0.05, 0.1) is 18.7 Å². The Hall–Kier alpha value is -2.88. The molecule has 1 saturated heterocycles. The lowest BCUT2D eigenvalue weighted by Gasteiger charge is -2.39. The third kappa shape index (κ3) is 5.60. The number of rotatable bonds is 6. The Balaban J connectivity index is 1.61. The SMILES string of the molecule is C=C(N=C(OC)C1CC(c2ccc(C(C)C)cc2)CN(C(=O)C2CCCC2)C1)c1ccccc1. The lowest BCUT2D eigenvalue weighted by Crippen LogP contribution is -2.47. The molecule has 0 aromatic heterocycles. The molecular formula is C30H38N2O2. The van der Waals surface area contributed by atoms with Crippen LogP contribution < -0.4 is 0 Å². The van der Waals surface area contributed by atoms with E-state index in [1.807, 2.05) is 30.3 Å². The van der Waals surface area contributed by atoms with Crippen molar-refractivity contribution in [3.05, 3.63) is 77.9 Å². The summed E-state index contributed by atoms with van der Waals surface area (Å²) in [6.07, 6.45) is 5.27. The van der Waals surface area contributed by atoms with Gasteiger partial charge in [-0.05, 0) is 41.9 Å². The van der Waals surface area contributed by atoms with Gasteiger partial charge in [0.2, 0.25) is 5.91 Å². The molecule has 1 saturated carbocycles. The van der Waals surface area contributed by atoms with Crippen LogP contribution >= 0.6 is 0 Å². The van der Waals surface area contributed by atoms with E-state index in [-0.39, 0.29) is 17.8 Å². The molecule has 0 radical (unpaired) electrons. The number of carbonyl (C=O) groups is 1. The number of piperidine rings is 1. The first-order valence-electron chi connectivity index (χ1n) is 12.7. The molecule has 0 spiro atoms. The van der Waals surface area contributed by atoms with E-state index >= 15 is 0 Å². The summed E-state index contributed by atoms with van der Waals surface area (Å²) in [5.41, 5.74) is 4.30. The fourth-order valence-corrected chi connectivity index (χ4v) is 5.42. The molecule has 2 aromatic rings. The first-order valence-corrected chi connectivity index (χ1v) is 12.7. The van der Waals surface area contributed by atoms with Gasteiger partial charge >= 0.3 is 0 Å². The maximum absolute atomic E-state index is 13.4. The van der Waals surface area contributed by atoms with Crippen LogP contribution in [0.25, 0.3) is 5.70 Å². The Morgan fingerprint density at radius 1 is 1.00 bits per heavy atom. The monoisotopic (exact) mass is 458 g/mol. The van der Waals surface area contributed by atoms with Crippen LogP contribution in [0, 0.1) is 11.8 Å². The second kappa shape index (κ2) is 11.0. The van der Waals surface area contributed by atoms with E-state index in [1.54, 1.807) is 7.11 Å². The molecule has 2 unspecified atom stereocenters. The van der Waals surface area contributed by atoms with Gasteiger partial charge in [0.25, 0.3) is 0 Å². The second-order valence-electron chi connectivity index (χ2n) is 10.1. The number of amides is 1. The van der Waals surface area contributed by atoms with E-state index in [0.29, 0.717) is 30.0 Å². The van der Waals surface area contributed by atoms with E-state index in [4.69, 9.17) is 9.73 Å². The summed E-state index contributed by atoms with van der Waals surface area (Å²) in [7, 11) is 1.68. The van der Waals surface area contributed by atoms with Crippen molar-refractivity contribution < 1.29 is 9.53 Å². The highest BCUT2D eigenvalue weighted by atomic mass is 16.5. The Morgan fingerprint density at radius 2 is 1.68 bits per heavy atom. The largest absolute Gasteiger partial charge is 0.484 e. The highest BCUT2D eigenvalue weighted by Gasteiger charge is 2.37. The molecule has 4 heteroatoms. The summed E-state index contributed by atoms with van der Waals surface area (Å²) in [5, 5.41) is 0. The maximum Gasteiger partial charge on any atom is 0.225 e. The molecule has 2 aromatic carbocycles. The van der Waals surface area contributed by atoms with Crippen molar-refractivity contribution in [3.8, 4) is 0 Å². The van der Waals surface area contributed by atoms with E-state index in [9.17, 15) is 4.79 Å². The molecule has 4 rings (SSSR count). The van der Waals surface area contributed by atoms with Crippen molar-refractivity contribution in [2.75, 3.05) is 20.2 Å². The van der Waals surface area contributed by atoms with Crippen LogP contribution in [-0.4, -0.2) is 36.9 Å². The zero-order valence-corrected chi connectivity index (χ0v) is 20.9. The van der Waals surface area contributed by atoms with Gasteiger partial charge in [0.1, 0.15) is 0 Å². The predicted molar refractivity (Wildman–Crippen MR) is 140 cm³/mol. The number of hydrogen-bond acceptors (Lipinski definition) is 3. The van der Waals surface area contributed by atoms with E-state index in [1.165, 1.54) is 11.1 Å². The molecule has 1 heterocycles.